The second-order valence-electron chi connectivity index (χ2n) is 7.22. The van der Waals surface area contributed by atoms with Crippen molar-refractivity contribution in [3.63, 3.8) is 0 Å². The lowest BCUT2D eigenvalue weighted by Gasteiger charge is -1.99. The molecule has 0 saturated heterocycles. The van der Waals surface area contributed by atoms with Crippen LogP contribution in [0.2, 0.25) is 5.02 Å². The Balaban J connectivity index is 1.49. The molecule has 33 heavy (non-hydrogen) atoms. The van der Waals surface area contributed by atoms with Crippen molar-refractivity contribution < 1.29 is 0 Å². The van der Waals surface area contributed by atoms with Crippen LogP contribution >= 0.6 is 34.3 Å². The molecule has 0 atom stereocenters. The van der Waals surface area contributed by atoms with Gasteiger partial charge in [-0.3, -0.25) is 4.79 Å². The highest BCUT2D eigenvalue weighted by Crippen LogP contribution is 2.28. The Labute approximate surface area is 200 Å². The fourth-order valence-corrected chi connectivity index (χ4v) is 5.39. The van der Waals surface area contributed by atoms with E-state index in [0.717, 1.165) is 21.8 Å². The lowest BCUT2D eigenvalue weighted by atomic mass is 10.2. The van der Waals surface area contributed by atoms with Gasteiger partial charge in [0.1, 0.15) is 5.69 Å². The van der Waals surface area contributed by atoms with E-state index in [1.54, 1.807) is 17.4 Å². The van der Waals surface area contributed by atoms with Crippen molar-refractivity contribution in [2.24, 2.45) is 0 Å². The highest BCUT2D eigenvalue weighted by molar-refractivity contribution is 7.15. The van der Waals surface area contributed by atoms with Crippen molar-refractivity contribution in [3.05, 3.63) is 104 Å². The summed E-state index contributed by atoms with van der Waals surface area (Å²) in [6.45, 7) is 0. The van der Waals surface area contributed by atoms with Gasteiger partial charge in [-0.05, 0) is 41.8 Å². The van der Waals surface area contributed by atoms with Crippen LogP contribution in [0.15, 0.2) is 83.1 Å². The van der Waals surface area contributed by atoms with E-state index in [2.05, 4.69) is 10.1 Å². The predicted octanol–water partition coefficient (Wildman–Crippen LogP) is 4.93. The second-order valence-corrected chi connectivity index (χ2v) is 9.58. The molecule has 9 heteroatoms. The second kappa shape index (κ2) is 8.08. The Morgan fingerprint density at radius 3 is 2.52 bits per heavy atom. The number of aromatic nitrogens is 5. The summed E-state index contributed by atoms with van der Waals surface area (Å²) in [5, 5.41) is 11.8. The molecular weight excluding hydrogens is 474 g/mol. The zero-order valence-electron chi connectivity index (χ0n) is 16.9. The summed E-state index contributed by atoms with van der Waals surface area (Å²) >= 11 is 9.18. The maximum absolute atomic E-state index is 13.1. The van der Waals surface area contributed by atoms with Crippen LogP contribution in [0.1, 0.15) is 5.56 Å². The minimum atomic E-state index is -0.217. The molecule has 6 rings (SSSR count). The van der Waals surface area contributed by atoms with Crippen molar-refractivity contribution in [1.82, 2.24) is 24.4 Å². The van der Waals surface area contributed by atoms with E-state index in [0.29, 0.717) is 25.9 Å². The number of hydrogen-bond acceptors (Lipinski definition) is 6. The lowest BCUT2D eigenvalue weighted by Crippen LogP contribution is -2.23. The largest absolute Gasteiger partial charge is 0.291 e. The molecule has 4 heterocycles. The Morgan fingerprint density at radius 1 is 0.939 bits per heavy atom. The van der Waals surface area contributed by atoms with Crippen LogP contribution in [0, 0.1) is 0 Å². The molecule has 2 aromatic carbocycles. The minimum absolute atomic E-state index is 0.217. The standard InChI is InChI=1S/C24H14ClN5OS2/c25-18-10-5-4-9-17(18)22-26-24-30(28-22)23(31)20(33-24)13-15-14-29(16-7-2-1-3-8-16)27-21(15)19-11-6-12-32-19/h1-14H/b20-13-. The van der Waals surface area contributed by atoms with Gasteiger partial charge in [0.15, 0.2) is 5.82 Å². The van der Waals surface area contributed by atoms with E-state index in [-0.39, 0.29) is 5.56 Å². The zero-order chi connectivity index (χ0) is 22.4. The van der Waals surface area contributed by atoms with E-state index in [1.807, 2.05) is 83.0 Å². The van der Waals surface area contributed by atoms with E-state index < -0.39 is 0 Å². The number of nitrogens with zero attached hydrogens (tertiary/aromatic N) is 5. The van der Waals surface area contributed by atoms with Gasteiger partial charge in [0.05, 0.1) is 20.1 Å². The van der Waals surface area contributed by atoms with Gasteiger partial charge in [0.25, 0.3) is 5.56 Å². The first kappa shape index (κ1) is 20.0. The summed E-state index contributed by atoms with van der Waals surface area (Å²) in [6.07, 6.45) is 3.80. The average molecular weight is 488 g/mol. The smallest absolute Gasteiger partial charge is 0.266 e. The predicted molar refractivity (Wildman–Crippen MR) is 133 cm³/mol. The Morgan fingerprint density at radius 2 is 1.76 bits per heavy atom. The van der Waals surface area contributed by atoms with Crippen LogP contribution in [-0.4, -0.2) is 24.4 Å². The topological polar surface area (TPSA) is 65.1 Å². The molecule has 0 amide bonds. The van der Waals surface area contributed by atoms with E-state index in [1.165, 1.54) is 15.9 Å². The number of benzene rings is 2. The summed E-state index contributed by atoms with van der Waals surface area (Å²) in [5.41, 5.74) is 3.11. The Bertz CT molecular complexity index is 1700. The number of thiophene rings is 1. The van der Waals surface area contributed by atoms with Gasteiger partial charge in [-0.15, -0.1) is 16.4 Å². The third-order valence-corrected chi connectivity index (χ3v) is 7.27. The van der Waals surface area contributed by atoms with Crippen LogP contribution in [0.4, 0.5) is 0 Å². The van der Waals surface area contributed by atoms with E-state index in [9.17, 15) is 4.79 Å². The van der Waals surface area contributed by atoms with Crippen LogP contribution < -0.4 is 10.1 Å². The van der Waals surface area contributed by atoms with Crippen molar-refractivity contribution >= 4 is 45.3 Å². The van der Waals surface area contributed by atoms with Gasteiger partial charge in [0, 0.05) is 17.3 Å². The summed E-state index contributed by atoms with van der Waals surface area (Å²) in [4.78, 5) is 19.2. The van der Waals surface area contributed by atoms with Crippen molar-refractivity contribution in [3.8, 4) is 27.6 Å². The van der Waals surface area contributed by atoms with Crippen LogP contribution in [0.5, 0.6) is 0 Å². The number of hydrogen-bond donors (Lipinski definition) is 0. The Kier molecular flexibility index (Phi) is 4.91. The third kappa shape index (κ3) is 3.58. The van der Waals surface area contributed by atoms with Gasteiger partial charge in [0.2, 0.25) is 4.96 Å². The number of halogens is 1. The molecule has 6 aromatic rings. The molecule has 0 bridgehead atoms. The average Bonchev–Trinajstić information content (AvgIpc) is 3.62. The molecule has 0 spiro atoms. The highest BCUT2D eigenvalue weighted by Gasteiger charge is 2.16. The summed E-state index contributed by atoms with van der Waals surface area (Å²) < 4.78 is 3.71. The first-order valence-electron chi connectivity index (χ1n) is 10.0. The number of fused-ring (bicyclic) bond motifs is 1. The number of thiazole rings is 1. The number of rotatable bonds is 4. The number of para-hydroxylation sites is 1. The van der Waals surface area contributed by atoms with Crippen LogP contribution in [0.3, 0.4) is 0 Å². The van der Waals surface area contributed by atoms with Crippen LogP contribution in [0.25, 0.3) is 38.7 Å². The van der Waals surface area contributed by atoms with Crippen molar-refractivity contribution in [2.75, 3.05) is 0 Å². The van der Waals surface area contributed by atoms with Gasteiger partial charge in [-0.2, -0.15) is 14.6 Å². The molecule has 0 aliphatic rings. The quantitative estimate of drug-likeness (QED) is 0.353. The zero-order valence-corrected chi connectivity index (χ0v) is 19.3. The monoisotopic (exact) mass is 487 g/mol. The molecule has 0 fully saturated rings. The normalized spacial score (nSPS) is 12.1. The first-order chi connectivity index (χ1) is 16.2. The minimum Gasteiger partial charge on any atom is -0.266 e. The SMILES string of the molecule is O=c1/c(=C/c2cn(-c3ccccc3)nc2-c2cccs2)sc2nc(-c3ccccc3Cl)nn12. The highest BCUT2D eigenvalue weighted by atomic mass is 35.5. The van der Waals surface area contributed by atoms with Gasteiger partial charge in [-0.1, -0.05) is 59.3 Å². The maximum atomic E-state index is 13.1. The third-order valence-electron chi connectivity index (χ3n) is 5.10. The van der Waals surface area contributed by atoms with Crippen molar-refractivity contribution in [1.29, 1.82) is 0 Å². The summed E-state index contributed by atoms with van der Waals surface area (Å²) in [6, 6.07) is 21.2. The summed E-state index contributed by atoms with van der Waals surface area (Å²) in [7, 11) is 0. The Hall–Kier alpha value is -3.59. The van der Waals surface area contributed by atoms with E-state index in [4.69, 9.17) is 16.7 Å². The molecule has 4 aromatic heterocycles. The van der Waals surface area contributed by atoms with Crippen LogP contribution in [-0.2, 0) is 0 Å². The van der Waals surface area contributed by atoms with Gasteiger partial charge >= 0.3 is 0 Å². The molecule has 0 aliphatic heterocycles. The fraction of sp³-hybridized carbons (Fsp3) is 0. The molecule has 0 aliphatic carbocycles. The molecule has 6 nitrogen and oxygen atoms in total. The molecule has 0 saturated carbocycles. The molecule has 160 valence electrons. The summed E-state index contributed by atoms with van der Waals surface area (Å²) in [5.74, 6) is 0.437. The van der Waals surface area contributed by atoms with Crippen molar-refractivity contribution in [2.45, 2.75) is 0 Å². The molecule has 0 N–H and O–H groups in total. The fourth-order valence-electron chi connectivity index (χ4n) is 3.54. The van der Waals surface area contributed by atoms with Gasteiger partial charge < -0.3 is 0 Å². The molecular formula is C24H14ClN5OS2. The van der Waals surface area contributed by atoms with E-state index >= 15 is 0 Å². The molecule has 0 radical (unpaired) electrons. The first-order valence-corrected chi connectivity index (χ1v) is 12.1. The van der Waals surface area contributed by atoms with Gasteiger partial charge in [-0.25, -0.2) is 4.68 Å². The molecule has 0 unspecified atom stereocenters. The lowest BCUT2D eigenvalue weighted by molar-refractivity contribution is 0.885. The maximum Gasteiger partial charge on any atom is 0.291 e.